The van der Waals surface area contributed by atoms with Crippen LogP contribution in [0.4, 0.5) is 0 Å². The van der Waals surface area contributed by atoms with E-state index in [1.54, 1.807) is 16.7 Å². The van der Waals surface area contributed by atoms with Crippen molar-refractivity contribution in [2.24, 2.45) is 10.4 Å². The van der Waals surface area contributed by atoms with Gasteiger partial charge in [0.1, 0.15) is 0 Å². The average molecular weight is 367 g/mol. The normalized spacial score (nSPS) is 16.6. The van der Waals surface area contributed by atoms with E-state index in [0.29, 0.717) is 18.5 Å². The zero-order valence-corrected chi connectivity index (χ0v) is 16.6. The Labute approximate surface area is 161 Å². The molecule has 2 aromatic rings. The number of hydrogen-bond donors (Lipinski definition) is 1. The average Bonchev–Trinajstić information content (AvgIpc) is 3.01. The van der Waals surface area contributed by atoms with Crippen LogP contribution in [0.15, 0.2) is 58.4 Å². The fourth-order valence-corrected chi connectivity index (χ4v) is 3.42. The van der Waals surface area contributed by atoms with E-state index in [2.05, 4.69) is 55.3 Å². The van der Waals surface area contributed by atoms with Crippen molar-refractivity contribution in [1.29, 1.82) is 0 Å². The molecule has 1 aromatic heterocycles. The number of benzene rings is 1. The van der Waals surface area contributed by atoms with Gasteiger partial charge in [-0.3, -0.25) is 4.79 Å². The lowest BCUT2D eigenvalue weighted by atomic mass is 9.93. The standard InChI is InChI=1S/C22H30N4O/c1-4-23-21(26-14-12-22(2,3)17-26)24-15-18-8-10-19(11-9-18)16-25-13-6-5-7-20(25)27/h5-11,13H,4,12,14-17H2,1-3H3,(H,23,24). The van der Waals surface area contributed by atoms with Crippen LogP contribution < -0.4 is 10.9 Å². The highest BCUT2D eigenvalue weighted by atomic mass is 16.1. The highest BCUT2D eigenvalue weighted by Crippen LogP contribution is 2.28. The van der Waals surface area contributed by atoms with Gasteiger partial charge in [-0.15, -0.1) is 0 Å². The van der Waals surface area contributed by atoms with Gasteiger partial charge >= 0.3 is 0 Å². The van der Waals surface area contributed by atoms with Gasteiger partial charge in [-0.05, 0) is 36.0 Å². The minimum Gasteiger partial charge on any atom is -0.357 e. The van der Waals surface area contributed by atoms with Crippen LogP contribution in [0.1, 0.15) is 38.3 Å². The number of likely N-dealkylation sites (tertiary alicyclic amines) is 1. The summed E-state index contributed by atoms with van der Waals surface area (Å²) in [4.78, 5) is 19.0. The molecule has 27 heavy (non-hydrogen) atoms. The molecule has 0 amide bonds. The Kier molecular flexibility index (Phi) is 5.99. The molecule has 1 aliphatic rings. The molecule has 0 spiro atoms. The van der Waals surface area contributed by atoms with Gasteiger partial charge in [0.2, 0.25) is 0 Å². The smallest absolute Gasteiger partial charge is 0.250 e. The second-order valence-corrected chi connectivity index (χ2v) is 7.99. The summed E-state index contributed by atoms with van der Waals surface area (Å²) in [6.07, 6.45) is 3.02. The van der Waals surface area contributed by atoms with Crippen molar-refractivity contribution in [1.82, 2.24) is 14.8 Å². The van der Waals surface area contributed by atoms with Crippen molar-refractivity contribution in [2.45, 2.75) is 40.3 Å². The summed E-state index contributed by atoms with van der Waals surface area (Å²) in [5.74, 6) is 1.00. The number of nitrogens with one attached hydrogen (secondary N) is 1. The zero-order chi connectivity index (χ0) is 19.3. The highest BCUT2D eigenvalue weighted by Gasteiger charge is 2.30. The minimum absolute atomic E-state index is 0.0231. The SMILES string of the molecule is CCNC(=NCc1ccc(Cn2ccccc2=O)cc1)N1CCC(C)(C)C1. The molecule has 3 rings (SSSR count). The molecular formula is C22H30N4O. The van der Waals surface area contributed by atoms with E-state index < -0.39 is 0 Å². The van der Waals surface area contributed by atoms with Crippen LogP contribution in [0, 0.1) is 5.41 Å². The maximum Gasteiger partial charge on any atom is 0.250 e. The van der Waals surface area contributed by atoms with Gasteiger partial charge in [0.15, 0.2) is 5.96 Å². The topological polar surface area (TPSA) is 49.6 Å². The minimum atomic E-state index is 0.0231. The fraction of sp³-hybridized carbons (Fsp3) is 0.455. The molecule has 1 fully saturated rings. The number of aliphatic imine (C=N–C) groups is 1. The number of hydrogen-bond acceptors (Lipinski definition) is 2. The van der Waals surface area contributed by atoms with Gasteiger partial charge in [0.25, 0.3) is 5.56 Å². The summed E-state index contributed by atoms with van der Waals surface area (Å²) < 4.78 is 1.71. The third-order valence-electron chi connectivity index (χ3n) is 5.00. The van der Waals surface area contributed by atoms with Gasteiger partial charge in [-0.25, -0.2) is 4.99 Å². The van der Waals surface area contributed by atoms with Crippen molar-refractivity contribution in [3.05, 3.63) is 70.1 Å². The molecule has 1 aromatic carbocycles. The quantitative estimate of drug-likeness (QED) is 0.653. The molecule has 144 valence electrons. The van der Waals surface area contributed by atoms with Gasteiger partial charge in [0, 0.05) is 31.9 Å². The molecule has 5 heteroatoms. The predicted molar refractivity (Wildman–Crippen MR) is 111 cm³/mol. The molecule has 0 atom stereocenters. The van der Waals surface area contributed by atoms with Crippen molar-refractivity contribution in [3.8, 4) is 0 Å². The Balaban J connectivity index is 1.65. The van der Waals surface area contributed by atoms with E-state index in [1.165, 1.54) is 12.0 Å². The van der Waals surface area contributed by atoms with Gasteiger partial charge in [-0.1, -0.05) is 44.2 Å². The van der Waals surface area contributed by atoms with Crippen LogP contribution in [-0.2, 0) is 13.1 Å². The fourth-order valence-electron chi connectivity index (χ4n) is 3.42. The van der Waals surface area contributed by atoms with E-state index in [9.17, 15) is 4.79 Å². The van der Waals surface area contributed by atoms with E-state index in [-0.39, 0.29) is 5.56 Å². The molecule has 0 bridgehead atoms. The van der Waals surface area contributed by atoms with Gasteiger partial charge in [-0.2, -0.15) is 0 Å². The van der Waals surface area contributed by atoms with Crippen LogP contribution in [0.25, 0.3) is 0 Å². The monoisotopic (exact) mass is 366 g/mol. The Morgan fingerprint density at radius 1 is 1.15 bits per heavy atom. The highest BCUT2D eigenvalue weighted by molar-refractivity contribution is 5.80. The largest absolute Gasteiger partial charge is 0.357 e. The number of aromatic nitrogens is 1. The van der Waals surface area contributed by atoms with E-state index >= 15 is 0 Å². The Morgan fingerprint density at radius 3 is 2.52 bits per heavy atom. The lowest BCUT2D eigenvalue weighted by molar-refractivity contribution is 0.370. The van der Waals surface area contributed by atoms with E-state index in [4.69, 9.17) is 4.99 Å². The first-order valence-electron chi connectivity index (χ1n) is 9.73. The molecule has 0 unspecified atom stereocenters. The van der Waals surface area contributed by atoms with Crippen LogP contribution in [0.3, 0.4) is 0 Å². The summed E-state index contributed by atoms with van der Waals surface area (Å²) in [5, 5.41) is 3.42. The number of pyridine rings is 1. The Morgan fingerprint density at radius 2 is 1.89 bits per heavy atom. The van der Waals surface area contributed by atoms with Crippen molar-refractivity contribution in [3.63, 3.8) is 0 Å². The summed E-state index contributed by atoms with van der Waals surface area (Å²) in [7, 11) is 0. The van der Waals surface area contributed by atoms with Crippen molar-refractivity contribution >= 4 is 5.96 Å². The maximum atomic E-state index is 11.8. The lowest BCUT2D eigenvalue weighted by Gasteiger charge is -2.23. The molecule has 0 saturated carbocycles. The second kappa shape index (κ2) is 8.42. The summed E-state index contributed by atoms with van der Waals surface area (Å²) in [6.45, 7) is 11.0. The molecule has 5 nitrogen and oxygen atoms in total. The van der Waals surface area contributed by atoms with Crippen LogP contribution in [0.2, 0.25) is 0 Å². The van der Waals surface area contributed by atoms with E-state index in [1.807, 2.05) is 12.3 Å². The van der Waals surface area contributed by atoms with E-state index in [0.717, 1.165) is 31.2 Å². The van der Waals surface area contributed by atoms with Crippen LogP contribution in [0.5, 0.6) is 0 Å². The molecule has 1 aliphatic heterocycles. The lowest BCUT2D eigenvalue weighted by Crippen LogP contribution is -2.40. The summed E-state index contributed by atoms with van der Waals surface area (Å²) in [5.41, 5.74) is 2.67. The molecular weight excluding hydrogens is 336 g/mol. The maximum absolute atomic E-state index is 11.8. The summed E-state index contributed by atoms with van der Waals surface area (Å²) >= 11 is 0. The molecule has 1 N–H and O–H groups in total. The van der Waals surface area contributed by atoms with Crippen LogP contribution in [-0.4, -0.2) is 35.1 Å². The van der Waals surface area contributed by atoms with Crippen molar-refractivity contribution in [2.75, 3.05) is 19.6 Å². The first kappa shape index (κ1) is 19.2. The zero-order valence-electron chi connectivity index (χ0n) is 16.6. The first-order chi connectivity index (χ1) is 13.0. The predicted octanol–water partition coefficient (Wildman–Crippen LogP) is 3.09. The van der Waals surface area contributed by atoms with Crippen molar-refractivity contribution < 1.29 is 0 Å². The third kappa shape index (κ3) is 5.22. The molecule has 2 heterocycles. The Bertz CT molecular complexity index is 836. The van der Waals surface area contributed by atoms with Crippen LogP contribution >= 0.6 is 0 Å². The first-order valence-corrected chi connectivity index (χ1v) is 9.73. The molecule has 0 aliphatic carbocycles. The second-order valence-electron chi connectivity index (χ2n) is 7.99. The third-order valence-corrected chi connectivity index (χ3v) is 5.00. The Hall–Kier alpha value is -2.56. The summed E-state index contributed by atoms with van der Waals surface area (Å²) in [6, 6.07) is 13.6. The number of nitrogens with zero attached hydrogens (tertiary/aromatic N) is 3. The van der Waals surface area contributed by atoms with Gasteiger partial charge in [0.05, 0.1) is 13.1 Å². The number of rotatable bonds is 5. The molecule has 1 saturated heterocycles. The number of guanidine groups is 1. The van der Waals surface area contributed by atoms with Gasteiger partial charge < -0.3 is 14.8 Å². The molecule has 0 radical (unpaired) electrons.